The van der Waals surface area contributed by atoms with Crippen molar-refractivity contribution in [2.75, 3.05) is 13.2 Å². The van der Waals surface area contributed by atoms with Crippen molar-refractivity contribution in [3.8, 4) is 0 Å². The molecule has 6 unspecified atom stereocenters. The van der Waals surface area contributed by atoms with Gasteiger partial charge in [0.2, 0.25) is 0 Å². The fourth-order valence-electron chi connectivity index (χ4n) is 9.77. The summed E-state index contributed by atoms with van der Waals surface area (Å²) >= 11 is 0. The van der Waals surface area contributed by atoms with Crippen molar-refractivity contribution in [2.24, 2.45) is 0 Å². The van der Waals surface area contributed by atoms with Gasteiger partial charge in [-0.3, -0.25) is 18.6 Å². The maximum absolute atomic E-state index is 12.9. The van der Waals surface area contributed by atoms with Crippen molar-refractivity contribution in [2.45, 2.75) is 339 Å². The number of hydrogen-bond donors (Lipinski definition) is 6. The minimum Gasteiger partial charge on any atom is -0.462 e. The van der Waals surface area contributed by atoms with Crippen LogP contribution in [0.3, 0.4) is 0 Å². The molecule has 8 atom stereocenters. The highest BCUT2D eigenvalue weighted by molar-refractivity contribution is 7.47. The van der Waals surface area contributed by atoms with E-state index in [2.05, 4.69) is 26.0 Å². The van der Waals surface area contributed by atoms with Gasteiger partial charge in [-0.15, -0.1) is 0 Å². The maximum atomic E-state index is 12.9. The van der Waals surface area contributed by atoms with Gasteiger partial charge in [0.1, 0.15) is 43.2 Å². The molecule has 0 amide bonds. The highest BCUT2D eigenvalue weighted by Crippen LogP contribution is 2.47. The summed E-state index contributed by atoms with van der Waals surface area (Å²) in [5.74, 6) is -1.12. The summed E-state index contributed by atoms with van der Waals surface area (Å²) in [5, 5.41) is 50.4. The molecular weight excluding hydrogens is 948 g/mol. The van der Waals surface area contributed by atoms with Gasteiger partial charge < -0.3 is 39.9 Å². The maximum Gasteiger partial charge on any atom is 0.472 e. The van der Waals surface area contributed by atoms with Crippen LogP contribution >= 0.6 is 7.82 Å². The summed E-state index contributed by atoms with van der Waals surface area (Å²) in [6.45, 7) is 3.36. The topological polar surface area (TPSA) is 210 Å². The first-order chi connectivity index (χ1) is 35.4. The van der Waals surface area contributed by atoms with E-state index in [0.717, 1.165) is 32.1 Å². The van der Waals surface area contributed by atoms with Crippen LogP contribution in [0.4, 0.5) is 0 Å². The Morgan fingerprint density at radius 1 is 0.411 bits per heavy atom. The van der Waals surface area contributed by atoms with Gasteiger partial charge in [0.15, 0.2) is 6.10 Å². The molecule has 14 heteroatoms. The van der Waals surface area contributed by atoms with Crippen molar-refractivity contribution in [1.82, 2.24) is 0 Å². The van der Waals surface area contributed by atoms with E-state index in [1.165, 1.54) is 218 Å². The average Bonchev–Trinajstić information content (AvgIpc) is 3.37. The Balaban J connectivity index is 2.31. The first-order valence-corrected chi connectivity index (χ1v) is 32.0. The Kier molecular flexibility index (Phi) is 46.6. The number of ether oxygens (including phenoxy) is 2. The van der Waals surface area contributed by atoms with Gasteiger partial charge in [-0.05, 0) is 32.1 Å². The normalized spacial score (nSPS) is 20.4. The van der Waals surface area contributed by atoms with Crippen LogP contribution in [0.15, 0.2) is 12.2 Å². The van der Waals surface area contributed by atoms with Crippen LogP contribution in [-0.4, -0.2) is 98.3 Å². The fourth-order valence-corrected chi connectivity index (χ4v) is 10.7. The Bertz CT molecular complexity index is 1320. The molecule has 0 aliphatic heterocycles. The third-order valence-corrected chi connectivity index (χ3v) is 15.6. The third-order valence-electron chi connectivity index (χ3n) is 14.6. The largest absolute Gasteiger partial charge is 0.472 e. The molecule has 73 heavy (non-hydrogen) atoms. The number of aliphatic hydroxyl groups is 5. The Hall–Kier alpha value is -1.41. The van der Waals surface area contributed by atoms with Crippen LogP contribution in [-0.2, 0) is 32.7 Å². The number of phosphoric acid groups is 1. The smallest absolute Gasteiger partial charge is 0.462 e. The van der Waals surface area contributed by atoms with Gasteiger partial charge >= 0.3 is 19.8 Å². The summed E-state index contributed by atoms with van der Waals surface area (Å²) in [6.07, 6.45) is 44.2. The molecule has 0 saturated heterocycles. The Morgan fingerprint density at radius 3 is 1.08 bits per heavy atom. The molecular formula is C59H113O13P. The van der Waals surface area contributed by atoms with Crippen LogP contribution < -0.4 is 0 Å². The average molecular weight is 1060 g/mol. The molecule has 0 bridgehead atoms. The standard InChI is InChI=1S/C59H113O13P/c1-3-5-7-9-11-13-15-17-19-21-23-25-26-28-29-31-33-35-37-39-41-43-45-47-52(60)69-49-51(50-70-73(67,68)72-59-57(65)55(63)54(62)56(64)58(59)66)71-53(61)48-46-44-42-40-38-36-34-32-30-27-24-22-20-18-16-14-12-10-8-6-4-2/h39,41,51,54-59,62-66H,3-38,40,42-50H2,1-2H3,(H,67,68)/b41-39+/t51-,54?,55-,56?,57?,58?,59?/m0/s1. The second kappa shape index (κ2) is 48.9. The molecule has 0 aromatic carbocycles. The lowest BCUT2D eigenvalue weighted by Crippen LogP contribution is -2.64. The molecule has 1 fully saturated rings. The number of carbonyl (C=O) groups is 2. The molecule has 0 aromatic heterocycles. The zero-order chi connectivity index (χ0) is 53.5. The highest BCUT2D eigenvalue weighted by atomic mass is 31.2. The van der Waals surface area contributed by atoms with E-state index < -0.39 is 75.7 Å². The van der Waals surface area contributed by atoms with Gasteiger partial charge in [0, 0.05) is 12.8 Å². The van der Waals surface area contributed by atoms with E-state index in [4.69, 9.17) is 18.5 Å². The zero-order valence-electron chi connectivity index (χ0n) is 46.7. The molecule has 1 aliphatic rings. The molecule has 432 valence electrons. The molecule has 6 N–H and O–H groups in total. The van der Waals surface area contributed by atoms with Crippen molar-refractivity contribution < 1.29 is 63.1 Å². The van der Waals surface area contributed by atoms with Crippen molar-refractivity contribution in [3.63, 3.8) is 0 Å². The first-order valence-electron chi connectivity index (χ1n) is 30.5. The zero-order valence-corrected chi connectivity index (χ0v) is 47.6. The second-order valence-electron chi connectivity index (χ2n) is 21.6. The molecule has 0 heterocycles. The van der Waals surface area contributed by atoms with Gasteiger partial charge in [0.25, 0.3) is 0 Å². The van der Waals surface area contributed by atoms with Gasteiger partial charge in [0.05, 0.1) is 6.61 Å². The Morgan fingerprint density at radius 2 is 0.712 bits per heavy atom. The molecule has 13 nitrogen and oxygen atoms in total. The number of carbonyl (C=O) groups excluding carboxylic acids is 2. The van der Waals surface area contributed by atoms with E-state index in [1.807, 2.05) is 0 Å². The summed E-state index contributed by atoms with van der Waals surface area (Å²) in [6, 6.07) is 0. The number of phosphoric ester groups is 1. The van der Waals surface area contributed by atoms with Crippen LogP contribution in [0.5, 0.6) is 0 Å². The number of esters is 2. The molecule has 0 spiro atoms. The van der Waals surface area contributed by atoms with Crippen LogP contribution in [0, 0.1) is 0 Å². The van der Waals surface area contributed by atoms with Crippen LogP contribution in [0.2, 0.25) is 0 Å². The lowest BCUT2D eigenvalue weighted by molar-refractivity contribution is -0.220. The minimum atomic E-state index is -5.13. The van der Waals surface area contributed by atoms with E-state index in [9.17, 15) is 44.6 Å². The number of rotatable bonds is 53. The number of unbranched alkanes of at least 4 members (excludes halogenated alkanes) is 39. The van der Waals surface area contributed by atoms with Crippen LogP contribution in [0.25, 0.3) is 0 Å². The summed E-state index contributed by atoms with van der Waals surface area (Å²) < 4.78 is 33.8. The monoisotopic (exact) mass is 1060 g/mol. The summed E-state index contributed by atoms with van der Waals surface area (Å²) in [5.41, 5.74) is 0. The van der Waals surface area contributed by atoms with E-state index in [1.54, 1.807) is 0 Å². The van der Waals surface area contributed by atoms with Gasteiger partial charge in [-0.1, -0.05) is 264 Å². The quantitative estimate of drug-likeness (QED) is 0.0145. The van der Waals surface area contributed by atoms with Crippen molar-refractivity contribution >= 4 is 19.8 Å². The van der Waals surface area contributed by atoms with Crippen molar-refractivity contribution in [3.05, 3.63) is 12.2 Å². The fraction of sp³-hybridized carbons (Fsp3) is 0.932. The van der Waals surface area contributed by atoms with Gasteiger partial charge in [-0.2, -0.15) is 0 Å². The van der Waals surface area contributed by atoms with Crippen LogP contribution in [0.1, 0.15) is 296 Å². The first kappa shape index (κ1) is 69.6. The minimum absolute atomic E-state index is 0.0984. The molecule has 1 rings (SSSR count). The lowest BCUT2D eigenvalue weighted by atomic mass is 9.85. The van der Waals surface area contributed by atoms with Crippen molar-refractivity contribution in [1.29, 1.82) is 0 Å². The number of hydrogen-bond acceptors (Lipinski definition) is 12. The predicted molar refractivity (Wildman–Crippen MR) is 295 cm³/mol. The SMILES string of the molecule is CCCCCCCCCCCCCCCCCCCC/C=C/CCCC(=O)OC[C@@H](COP(=O)(O)OC1C(O)C(O)C(O)[C@H](O)C1O)OC(=O)CCCCCCCCCCCCCCCCCCCCCCC. The Labute approximate surface area is 445 Å². The molecule has 0 radical (unpaired) electrons. The highest BCUT2D eigenvalue weighted by Gasteiger charge is 2.51. The number of allylic oxidation sites excluding steroid dienone is 2. The van der Waals surface area contributed by atoms with E-state index in [-0.39, 0.29) is 12.8 Å². The van der Waals surface area contributed by atoms with E-state index in [0.29, 0.717) is 19.3 Å². The second-order valence-corrected chi connectivity index (χ2v) is 23.0. The number of aliphatic hydroxyl groups excluding tert-OH is 5. The molecule has 0 aromatic rings. The van der Waals surface area contributed by atoms with Gasteiger partial charge in [-0.25, -0.2) is 4.57 Å². The summed E-state index contributed by atoms with van der Waals surface area (Å²) in [4.78, 5) is 36.0. The molecule has 1 saturated carbocycles. The summed E-state index contributed by atoms with van der Waals surface area (Å²) in [7, 11) is -5.13. The lowest BCUT2D eigenvalue weighted by Gasteiger charge is -2.41. The predicted octanol–water partition coefficient (Wildman–Crippen LogP) is 14.5. The van der Waals surface area contributed by atoms with E-state index >= 15 is 0 Å². The molecule has 1 aliphatic carbocycles. The third kappa shape index (κ3) is 40.5.